The number of carbonyl (C=O) groups excluding carboxylic acids is 1. The average molecular weight is 459 g/mol. The van der Waals surface area contributed by atoms with Gasteiger partial charge < -0.3 is 5.32 Å². The lowest BCUT2D eigenvalue weighted by molar-refractivity contribution is -0.142. The molecule has 0 radical (unpaired) electrons. The Labute approximate surface area is 189 Å². The fourth-order valence-electron chi connectivity index (χ4n) is 4.28. The first-order valence-electron chi connectivity index (χ1n) is 10.7. The maximum Gasteiger partial charge on any atom is 0.436 e. The Morgan fingerprint density at radius 3 is 2.52 bits per heavy atom. The van der Waals surface area contributed by atoms with Crippen molar-refractivity contribution in [3.63, 3.8) is 0 Å². The van der Waals surface area contributed by atoms with Crippen molar-refractivity contribution >= 4 is 11.7 Å². The molecule has 4 rings (SSSR count). The van der Waals surface area contributed by atoms with Crippen LogP contribution in [0, 0.1) is 13.8 Å². The smallest absolute Gasteiger partial charge is 0.345 e. The summed E-state index contributed by atoms with van der Waals surface area (Å²) < 4.78 is 41.8. The molecule has 2 heterocycles. The monoisotopic (exact) mass is 459 g/mol. The van der Waals surface area contributed by atoms with Gasteiger partial charge in [0.25, 0.3) is 11.7 Å². The van der Waals surface area contributed by atoms with Crippen LogP contribution in [0.3, 0.4) is 0 Å². The second-order valence-corrected chi connectivity index (χ2v) is 8.67. The molecule has 1 aliphatic rings. The standard InChI is InChI=1S/C24H25F3N4O2/c1-15-7-9-19(10-8-15)17(3)28-22(32)20-21(24(25,26)27)29-30-11-12-31(33,23(20)30)14-18-6-4-5-16(2)13-18/h4-10,13,17,33H,11-12,14H2,1-3H3/p+1. The van der Waals surface area contributed by atoms with Gasteiger partial charge in [0.2, 0.25) is 0 Å². The molecule has 2 unspecified atom stereocenters. The van der Waals surface area contributed by atoms with Crippen molar-refractivity contribution in [1.82, 2.24) is 19.7 Å². The van der Waals surface area contributed by atoms with E-state index in [2.05, 4.69) is 10.4 Å². The van der Waals surface area contributed by atoms with Crippen LogP contribution in [0.4, 0.5) is 19.0 Å². The van der Waals surface area contributed by atoms with E-state index in [1.165, 1.54) is 0 Å². The van der Waals surface area contributed by atoms with Crippen LogP contribution in [0.25, 0.3) is 0 Å². The van der Waals surface area contributed by atoms with Crippen LogP contribution in [0.15, 0.2) is 48.5 Å². The average Bonchev–Trinajstić information content (AvgIpc) is 3.27. The zero-order valence-electron chi connectivity index (χ0n) is 18.6. The van der Waals surface area contributed by atoms with E-state index in [1.807, 2.05) is 56.3 Å². The summed E-state index contributed by atoms with van der Waals surface area (Å²) in [5.41, 5.74) is 1.59. The molecular weight excluding hydrogens is 433 g/mol. The lowest BCUT2D eigenvalue weighted by Crippen LogP contribution is -2.45. The van der Waals surface area contributed by atoms with Gasteiger partial charge in [-0.3, -0.25) is 4.79 Å². The quantitative estimate of drug-likeness (QED) is 0.533. The number of amides is 1. The highest BCUT2D eigenvalue weighted by molar-refractivity contribution is 6.00. The fourth-order valence-corrected chi connectivity index (χ4v) is 4.28. The number of halogens is 3. The van der Waals surface area contributed by atoms with Gasteiger partial charge in [-0.25, -0.2) is 9.89 Å². The van der Waals surface area contributed by atoms with E-state index in [1.54, 1.807) is 13.0 Å². The van der Waals surface area contributed by atoms with Gasteiger partial charge in [0.15, 0.2) is 11.3 Å². The van der Waals surface area contributed by atoms with Crippen molar-refractivity contribution in [1.29, 1.82) is 0 Å². The number of rotatable bonds is 5. The van der Waals surface area contributed by atoms with Crippen molar-refractivity contribution in [3.05, 3.63) is 82.0 Å². The van der Waals surface area contributed by atoms with Crippen molar-refractivity contribution in [3.8, 4) is 0 Å². The molecule has 2 N–H and O–H groups in total. The molecule has 0 aliphatic carbocycles. The summed E-state index contributed by atoms with van der Waals surface area (Å²) >= 11 is 0. The Hall–Kier alpha value is -3.17. The van der Waals surface area contributed by atoms with Crippen LogP contribution in [-0.2, 0) is 19.3 Å². The summed E-state index contributed by atoms with van der Waals surface area (Å²) in [5, 5.41) is 17.7. The van der Waals surface area contributed by atoms with Gasteiger partial charge in [-0.1, -0.05) is 59.7 Å². The Morgan fingerprint density at radius 1 is 1.18 bits per heavy atom. The van der Waals surface area contributed by atoms with Gasteiger partial charge in [0.05, 0.1) is 12.6 Å². The topological polar surface area (TPSA) is 67.2 Å². The first-order valence-corrected chi connectivity index (χ1v) is 10.7. The largest absolute Gasteiger partial charge is 0.436 e. The molecule has 174 valence electrons. The third kappa shape index (κ3) is 4.51. The maximum absolute atomic E-state index is 13.9. The molecule has 0 saturated carbocycles. The minimum atomic E-state index is -4.84. The highest BCUT2D eigenvalue weighted by Gasteiger charge is 2.51. The predicted molar refractivity (Wildman–Crippen MR) is 118 cm³/mol. The van der Waals surface area contributed by atoms with E-state index < -0.39 is 34.0 Å². The summed E-state index contributed by atoms with van der Waals surface area (Å²) in [6, 6.07) is 14.2. The first kappa shape index (κ1) is 23.0. The number of carbonyl (C=O) groups is 1. The second-order valence-electron chi connectivity index (χ2n) is 8.67. The lowest BCUT2D eigenvalue weighted by atomic mass is 10.1. The summed E-state index contributed by atoms with van der Waals surface area (Å²) in [5.74, 6) is -1.06. The number of aromatic nitrogens is 2. The molecule has 0 bridgehead atoms. The summed E-state index contributed by atoms with van der Waals surface area (Å²) in [4.78, 5) is 13.2. The zero-order chi connectivity index (χ0) is 24.0. The number of aryl methyl sites for hydroxylation is 2. The molecule has 6 nitrogen and oxygen atoms in total. The van der Waals surface area contributed by atoms with Crippen LogP contribution < -0.4 is 9.96 Å². The molecule has 1 aliphatic heterocycles. The summed E-state index contributed by atoms with van der Waals surface area (Å²) in [7, 11) is 0. The summed E-state index contributed by atoms with van der Waals surface area (Å²) in [6.45, 7) is 5.73. The molecule has 9 heteroatoms. The van der Waals surface area contributed by atoms with E-state index in [9.17, 15) is 23.2 Å². The number of hydrogen-bond donors (Lipinski definition) is 2. The SMILES string of the molecule is Cc1ccc(C(C)NC(=O)c2c(C(F)(F)F)nn3c2[N+](O)(Cc2cccc(C)c2)CC3)cc1. The normalized spacial score (nSPS) is 18.8. The van der Waals surface area contributed by atoms with Gasteiger partial charge in [-0.05, 0) is 26.3 Å². The predicted octanol–water partition coefficient (Wildman–Crippen LogP) is 4.92. The van der Waals surface area contributed by atoms with Gasteiger partial charge in [-0.2, -0.15) is 18.3 Å². The first-order chi connectivity index (χ1) is 15.5. The van der Waals surface area contributed by atoms with Crippen molar-refractivity contribution in [2.24, 2.45) is 0 Å². The maximum atomic E-state index is 13.9. The molecule has 1 aromatic heterocycles. The minimum Gasteiger partial charge on any atom is -0.345 e. The van der Waals surface area contributed by atoms with E-state index in [0.717, 1.165) is 26.9 Å². The van der Waals surface area contributed by atoms with Crippen LogP contribution in [0.2, 0.25) is 0 Å². The van der Waals surface area contributed by atoms with E-state index >= 15 is 0 Å². The van der Waals surface area contributed by atoms with Gasteiger partial charge in [0.1, 0.15) is 13.1 Å². The van der Waals surface area contributed by atoms with Crippen molar-refractivity contribution in [2.45, 2.75) is 46.1 Å². The fraction of sp³-hybridized carbons (Fsp3) is 0.333. The van der Waals surface area contributed by atoms with Crippen LogP contribution in [0.5, 0.6) is 0 Å². The number of benzene rings is 2. The number of hydrogen-bond acceptors (Lipinski definition) is 3. The van der Waals surface area contributed by atoms with Gasteiger partial charge >= 0.3 is 6.18 Å². The third-order valence-corrected chi connectivity index (χ3v) is 5.95. The zero-order valence-corrected chi connectivity index (χ0v) is 18.6. The molecule has 0 fully saturated rings. The van der Waals surface area contributed by atoms with Crippen LogP contribution in [-0.4, -0.2) is 27.4 Å². The van der Waals surface area contributed by atoms with Crippen LogP contribution in [0.1, 0.15) is 51.3 Å². The molecule has 0 spiro atoms. The Morgan fingerprint density at radius 2 is 1.88 bits per heavy atom. The second kappa shape index (κ2) is 8.31. The third-order valence-electron chi connectivity index (χ3n) is 5.95. The number of fused-ring (bicyclic) bond motifs is 1. The summed E-state index contributed by atoms with van der Waals surface area (Å²) in [6.07, 6.45) is -4.84. The Bertz CT molecular complexity index is 1190. The number of alkyl halides is 3. The highest BCUT2D eigenvalue weighted by Crippen LogP contribution is 2.41. The lowest BCUT2D eigenvalue weighted by Gasteiger charge is -2.25. The molecule has 2 atom stereocenters. The van der Waals surface area contributed by atoms with Gasteiger partial charge in [0, 0.05) is 5.56 Å². The van der Waals surface area contributed by atoms with Crippen LogP contribution >= 0.6 is 0 Å². The van der Waals surface area contributed by atoms with E-state index in [0.29, 0.717) is 0 Å². The van der Waals surface area contributed by atoms with E-state index in [-0.39, 0.29) is 25.5 Å². The molecule has 2 aromatic carbocycles. The Kier molecular flexibility index (Phi) is 5.79. The molecule has 1 amide bonds. The number of nitrogens with one attached hydrogen (secondary N) is 1. The minimum absolute atomic E-state index is 0.0263. The van der Waals surface area contributed by atoms with Gasteiger partial charge in [-0.15, -0.1) is 4.65 Å². The molecule has 33 heavy (non-hydrogen) atoms. The van der Waals surface area contributed by atoms with Crippen molar-refractivity contribution in [2.75, 3.05) is 6.54 Å². The van der Waals surface area contributed by atoms with E-state index in [4.69, 9.17) is 0 Å². The molecule has 3 aromatic rings. The number of quaternary nitrogens is 1. The number of nitrogens with zero attached hydrogens (tertiary/aromatic N) is 3. The number of hydroxylamine groups is 2. The molecular formula is C24H26F3N4O2+. The van der Waals surface area contributed by atoms with Crippen molar-refractivity contribution < 1.29 is 23.2 Å². The Balaban J connectivity index is 1.73. The molecule has 0 saturated heterocycles. The highest BCUT2D eigenvalue weighted by atomic mass is 19.4.